The molecule has 0 bridgehead atoms. The molecule has 0 radical (unpaired) electrons. The molecule has 9 heteroatoms. The molecule has 3 aromatic rings. The van der Waals surface area contributed by atoms with Crippen LogP contribution in [0.15, 0.2) is 47.3 Å². The summed E-state index contributed by atoms with van der Waals surface area (Å²) in [6.07, 6.45) is 0.865. The molecule has 2 heterocycles. The van der Waals surface area contributed by atoms with Crippen molar-refractivity contribution in [3.63, 3.8) is 0 Å². The van der Waals surface area contributed by atoms with E-state index in [1.165, 1.54) is 12.7 Å². The second-order valence-electron chi connectivity index (χ2n) is 9.34. The molecule has 1 aliphatic rings. The third kappa shape index (κ3) is 6.74. The molecule has 37 heavy (non-hydrogen) atoms. The molecule has 2 aromatic carbocycles. The number of carbonyl (C=O) groups excluding carboxylic acids is 1. The monoisotopic (exact) mass is 522 g/mol. The molecule has 0 amide bonds. The molecule has 1 aliphatic heterocycles. The molecule has 0 spiro atoms. The molecule has 0 saturated carbocycles. The van der Waals surface area contributed by atoms with Gasteiger partial charge in [0.05, 0.1) is 38.1 Å². The Hall–Kier alpha value is -3.27. The zero-order valence-corrected chi connectivity index (χ0v) is 22.5. The summed E-state index contributed by atoms with van der Waals surface area (Å²) in [7, 11) is 1.35. The Kier molecular flexibility index (Phi) is 8.91. The third-order valence-corrected chi connectivity index (χ3v) is 7.12. The second-order valence-corrected chi connectivity index (χ2v) is 9.73. The lowest BCUT2D eigenvalue weighted by molar-refractivity contribution is 0.0367. The van der Waals surface area contributed by atoms with E-state index in [1.807, 2.05) is 30.0 Å². The Morgan fingerprint density at radius 1 is 1.16 bits per heavy atom. The van der Waals surface area contributed by atoms with Gasteiger partial charge in [0.1, 0.15) is 0 Å². The summed E-state index contributed by atoms with van der Waals surface area (Å²) < 4.78 is 10.4. The fourth-order valence-electron chi connectivity index (χ4n) is 4.48. The summed E-state index contributed by atoms with van der Waals surface area (Å²) in [5.41, 5.74) is 4.59. The van der Waals surface area contributed by atoms with E-state index in [0.717, 1.165) is 55.7 Å². The maximum atomic E-state index is 13.0. The lowest BCUT2D eigenvalue weighted by atomic mass is 10.0. The minimum absolute atomic E-state index is 0.133. The van der Waals surface area contributed by atoms with E-state index in [0.29, 0.717) is 35.0 Å². The third-order valence-electron chi connectivity index (χ3n) is 6.76. The molecule has 2 N–H and O–H groups in total. The number of H-pyrrole nitrogens is 1. The minimum Gasteiger partial charge on any atom is -0.465 e. The van der Waals surface area contributed by atoms with Gasteiger partial charge in [-0.2, -0.15) is 0 Å². The van der Waals surface area contributed by atoms with Gasteiger partial charge in [0.15, 0.2) is 5.11 Å². The number of nitrogens with zero attached hydrogens (tertiary/aromatic N) is 2. The van der Waals surface area contributed by atoms with Crippen molar-refractivity contribution in [3.8, 4) is 0 Å². The zero-order chi connectivity index (χ0) is 26.4. The number of fused-ring (bicyclic) bond motifs is 1. The molecular weight excluding hydrogens is 488 g/mol. The molecule has 0 atom stereocenters. The van der Waals surface area contributed by atoms with Gasteiger partial charge in [0.2, 0.25) is 0 Å². The number of hydrogen-bond donors (Lipinski definition) is 2. The Balaban J connectivity index is 1.57. The first-order chi connectivity index (χ1) is 17.9. The van der Waals surface area contributed by atoms with Crippen LogP contribution >= 0.6 is 12.2 Å². The number of nitrogens with one attached hydrogen (secondary N) is 2. The lowest BCUT2D eigenvalue weighted by Crippen LogP contribution is -2.40. The van der Waals surface area contributed by atoms with E-state index in [9.17, 15) is 9.59 Å². The van der Waals surface area contributed by atoms with E-state index < -0.39 is 5.97 Å². The highest BCUT2D eigenvalue weighted by atomic mass is 32.1. The van der Waals surface area contributed by atoms with Crippen LogP contribution < -0.4 is 10.9 Å². The first kappa shape index (κ1) is 26.8. The number of morpholine rings is 1. The fourth-order valence-corrected chi connectivity index (χ4v) is 4.75. The number of rotatable bonds is 8. The molecule has 1 aromatic heterocycles. The highest BCUT2D eigenvalue weighted by Gasteiger charge is 2.18. The van der Waals surface area contributed by atoms with Crippen molar-refractivity contribution in [2.75, 3.05) is 51.8 Å². The predicted molar refractivity (Wildman–Crippen MR) is 150 cm³/mol. The molecule has 1 saturated heterocycles. The Morgan fingerprint density at radius 3 is 2.65 bits per heavy atom. The number of methoxy groups -OCH3 is 1. The molecule has 0 aliphatic carbocycles. The SMILES string of the molecule is COC(=O)c1ccccc1NC(=S)N(CCCN1CCOCC1)Cc1cc2cc(C)c(C)cc2[nH]c1=O. The molecule has 0 unspecified atom stereocenters. The van der Waals surface area contributed by atoms with Crippen molar-refractivity contribution < 1.29 is 14.3 Å². The van der Waals surface area contributed by atoms with Gasteiger partial charge in [-0.05, 0) is 79.3 Å². The topological polar surface area (TPSA) is 86.9 Å². The van der Waals surface area contributed by atoms with Crippen molar-refractivity contribution in [1.82, 2.24) is 14.8 Å². The van der Waals surface area contributed by atoms with Crippen molar-refractivity contribution in [3.05, 3.63) is 75.1 Å². The number of aromatic nitrogens is 1. The fraction of sp³-hybridized carbons (Fsp3) is 0.393. The quantitative estimate of drug-likeness (QED) is 0.341. The van der Waals surface area contributed by atoms with Crippen LogP contribution in [-0.2, 0) is 16.0 Å². The second kappa shape index (κ2) is 12.3. The number of carbonyl (C=O) groups is 1. The summed E-state index contributed by atoms with van der Waals surface area (Å²) >= 11 is 5.80. The largest absolute Gasteiger partial charge is 0.465 e. The molecule has 196 valence electrons. The van der Waals surface area contributed by atoms with Crippen molar-refractivity contribution in [2.24, 2.45) is 0 Å². The molecular formula is C28H34N4O4S. The number of aromatic amines is 1. The van der Waals surface area contributed by atoms with Crippen molar-refractivity contribution >= 4 is 39.9 Å². The van der Waals surface area contributed by atoms with Crippen LogP contribution in [-0.4, -0.2) is 72.4 Å². The van der Waals surface area contributed by atoms with Crippen molar-refractivity contribution in [2.45, 2.75) is 26.8 Å². The standard InChI is InChI=1S/C28H34N4O4S/c1-19-15-21-17-22(26(33)29-25(21)16-20(19)2)18-32(10-6-9-31-11-13-36-14-12-31)28(37)30-24-8-5-4-7-23(24)27(34)35-3/h4-5,7-8,15-17H,6,9-14,18H2,1-3H3,(H,29,33)(H,30,37). The Labute approximate surface area is 222 Å². The highest BCUT2D eigenvalue weighted by molar-refractivity contribution is 7.80. The number of ether oxygens (including phenoxy) is 2. The van der Waals surface area contributed by atoms with Crippen LogP contribution in [0.2, 0.25) is 0 Å². The summed E-state index contributed by atoms with van der Waals surface area (Å²) in [5.74, 6) is -0.443. The lowest BCUT2D eigenvalue weighted by Gasteiger charge is -2.29. The van der Waals surface area contributed by atoms with Crippen LogP contribution in [0.4, 0.5) is 5.69 Å². The van der Waals surface area contributed by atoms with Gasteiger partial charge in [-0.1, -0.05) is 12.1 Å². The van der Waals surface area contributed by atoms with Crippen LogP contribution in [0.25, 0.3) is 10.9 Å². The highest BCUT2D eigenvalue weighted by Crippen LogP contribution is 2.20. The van der Waals surface area contributed by atoms with Crippen LogP contribution in [0, 0.1) is 13.8 Å². The first-order valence-corrected chi connectivity index (χ1v) is 12.9. The maximum Gasteiger partial charge on any atom is 0.339 e. The van der Waals surface area contributed by atoms with Gasteiger partial charge in [0.25, 0.3) is 5.56 Å². The van der Waals surface area contributed by atoms with Gasteiger partial charge in [-0.15, -0.1) is 0 Å². The predicted octanol–water partition coefficient (Wildman–Crippen LogP) is 3.85. The molecule has 8 nitrogen and oxygen atoms in total. The van der Waals surface area contributed by atoms with E-state index in [1.54, 1.807) is 18.2 Å². The smallest absolute Gasteiger partial charge is 0.339 e. The summed E-state index contributed by atoms with van der Waals surface area (Å²) in [5, 5.41) is 4.65. The average Bonchev–Trinajstić information content (AvgIpc) is 2.90. The van der Waals surface area contributed by atoms with E-state index in [4.69, 9.17) is 21.7 Å². The normalized spacial score (nSPS) is 13.9. The van der Waals surface area contributed by atoms with Gasteiger partial charge in [-0.3, -0.25) is 9.69 Å². The summed E-state index contributed by atoms with van der Waals surface area (Å²) in [4.78, 5) is 32.7. The van der Waals surface area contributed by atoms with Crippen LogP contribution in [0.3, 0.4) is 0 Å². The number of hydrogen-bond acceptors (Lipinski definition) is 6. The molecule has 4 rings (SSSR count). The van der Waals surface area contributed by atoms with E-state index >= 15 is 0 Å². The van der Waals surface area contributed by atoms with Gasteiger partial charge in [-0.25, -0.2) is 4.79 Å². The minimum atomic E-state index is -0.443. The number of aryl methyl sites for hydroxylation is 2. The number of para-hydroxylation sites is 1. The van der Waals surface area contributed by atoms with E-state index in [-0.39, 0.29) is 5.56 Å². The Bertz CT molecular complexity index is 1330. The van der Waals surface area contributed by atoms with Gasteiger partial charge >= 0.3 is 5.97 Å². The molecule has 1 fully saturated rings. The number of pyridine rings is 1. The number of benzene rings is 2. The van der Waals surface area contributed by atoms with Gasteiger partial charge < -0.3 is 24.7 Å². The van der Waals surface area contributed by atoms with Crippen molar-refractivity contribution in [1.29, 1.82) is 0 Å². The first-order valence-electron chi connectivity index (χ1n) is 12.5. The summed E-state index contributed by atoms with van der Waals surface area (Å²) in [6.45, 7) is 9.33. The van der Waals surface area contributed by atoms with Crippen LogP contribution in [0.5, 0.6) is 0 Å². The maximum absolute atomic E-state index is 13.0. The summed E-state index contributed by atoms with van der Waals surface area (Å²) in [6, 6.07) is 13.1. The van der Waals surface area contributed by atoms with Crippen LogP contribution in [0.1, 0.15) is 33.5 Å². The number of thiocarbonyl (C=S) groups is 1. The van der Waals surface area contributed by atoms with Gasteiger partial charge in [0, 0.05) is 37.3 Å². The number of esters is 1. The Morgan fingerprint density at radius 2 is 1.89 bits per heavy atom. The average molecular weight is 523 g/mol. The number of anilines is 1. The van der Waals surface area contributed by atoms with E-state index in [2.05, 4.69) is 28.2 Å². The zero-order valence-electron chi connectivity index (χ0n) is 21.6.